The summed E-state index contributed by atoms with van der Waals surface area (Å²) in [6, 6.07) is 9.53. The van der Waals surface area contributed by atoms with Gasteiger partial charge in [-0.05, 0) is 92.6 Å². The van der Waals surface area contributed by atoms with Gasteiger partial charge in [-0.3, -0.25) is 0 Å². The summed E-state index contributed by atoms with van der Waals surface area (Å²) in [5.74, 6) is 1.59. The third kappa shape index (κ3) is 6.36. The maximum Gasteiger partial charge on any atom is 0.428 e. The van der Waals surface area contributed by atoms with Crippen molar-refractivity contribution in [1.29, 1.82) is 0 Å². The summed E-state index contributed by atoms with van der Waals surface area (Å²) in [6.07, 6.45) is 18.2. The average Bonchev–Trinajstić information content (AvgIpc) is 3.48. The monoisotopic (exact) mass is 612 g/mol. The summed E-state index contributed by atoms with van der Waals surface area (Å²) in [6.45, 7) is -0.208. The summed E-state index contributed by atoms with van der Waals surface area (Å²) in [5.41, 5.74) is 2.78. The summed E-state index contributed by atoms with van der Waals surface area (Å²) >= 11 is 0.353. The topological polar surface area (TPSA) is 96.0 Å². The predicted octanol–water partition coefficient (Wildman–Crippen LogP) is 6.60. The summed E-state index contributed by atoms with van der Waals surface area (Å²) in [5, 5.41) is -5.00. The van der Waals surface area contributed by atoms with E-state index in [1.54, 1.807) is 5.56 Å². The number of hydrogen-bond donors (Lipinski definition) is 0. The van der Waals surface area contributed by atoms with Gasteiger partial charge in [0.05, 0.1) is 6.61 Å². The third-order valence-corrected chi connectivity index (χ3v) is 13.7. The van der Waals surface area contributed by atoms with Crippen molar-refractivity contribution in [2.75, 3.05) is 12.4 Å². The number of carbonyl (C=O) groups excluding carboxylic acids is 1. The van der Waals surface area contributed by atoms with Crippen LogP contribution in [0, 0.1) is 23.2 Å². The number of halogens is 2. The normalized spacial score (nSPS) is 35.9. The molecule has 7 fully saturated rings. The zero-order valence-corrected chi connectivity index (χ0v) is 25.3. The van der Waals surface area contributed by atoms with E-state index >= 15 is 0 Å². The Hall–Kier alpha value is -1.23. The summed E-state index contributed by atoms with van der Waals surface area (Å²) in [4.78, 5) is 11.6. The number of benzene rings is 1. The van der Waals surface area contributed by atoms with E-state index in [0.29, 0.717) is 33.9 Å². The van der Waals surface area contributed by atoms with E-state index in [-0.39, 0.29) is 12.0 Å². The van der Waals surface area contributed by atoms with Gasteiger partial charge in [-0.25, -0.2) is 13.2 Å². The first-order valence-electron chi connectivity index (χ1n) is 15.5. The Morgan fingerprint density at radius 2 is 1.61 bits per heavy atom. The van der Waals surface area contributed by atoms with E-state index in [9.17, 15) is 26.5 Å². The van der Waals surface area contributed by atoms with Gasteiger partial charge in [0.25, 0.3) is 0 Å². The smallest absolute Gasteiger partial charge is 0.428 e. The van der Waals surface area contributed by atoms with Crippen molar-refractivity contribution in [3.05, 3.63) is 35.4 Å². The Bertz CT molecular complexity index is 1180. The molecule has 2 atom stereocenters. The molecule has 10 heteroatoms. The molecule has 5 aliphatic carbocycles. The van der Waals surface area contributed by atoms with Gasteiger partial charge in [0.15, 0.2) is 21.3 Å². The Morgan fingerprint density at radius 1 is 1.00 bits per heavy atom. The van der Waals surface area contributed by atoms with Crippen molar-refractivity contribution in [1.82, 2.24) is 0 Å². The quantitative estimate of drug-likeness (QED) is 0.142. The molecule has 8 rings (SSSR count). The first-order chi connectivity index (χ1) is 19.5. The lowest BCUT2D eigenvalue weighted by Crippen LogP contribution is -2.49. The Morgan fingerprint density at radius 3 is 2.12 bits per heavy atom. The van der Waals surface area contributed by atoms with Gasteiger partial charge >= 0.3 is 16.2 Å². The van der Waals surface area contributed by atoms with E-state index in [1.165, 1.54) is 69.1 Å². The molecule has 0 radical (unpaired) electrons. The van der Waals surface area contributed by atoms with Crippen LogP contribution in [0.1, 0.15) is 107 Å². The molecule has 228 valence electrons. The van der Waals surface area contributed by atoms with Crippen LogP contribution < -0.4 is 0 Å². The molecule has 6 nitrogen and oxygen atoms in total. The van der Waals surface area contributed by atoms with E-state index in [0.717, 1.165) is 44.4 Å². The number of fused-ring (bicyclic) bond motifs is 1. The molecule has 5 saturated carbocycles. The van der Waals surface area contributed by atoms with Crippen LogP contribution in [0.15, 0.2) is 24.3 Å². The molecule has 41 heavy (non-hydrogen) atoms. The van der Waals surface area contributed by atoms with Gasteiger partial charge in [-0.2, -0.15) is 8.78 Å². The first kappa shape index (κ1) is 29.8. The molecule has 2 aliphatic heterocycles. The fourth-order valence-electron chi connectivity index (χ4n) is 8.90. The number of hydrogen-bond acceptors (Lipinski definition) is 6. The Kier molecular flexibility index (Phi) is 8.26. The molecular formula is C31H42F2O6S2. The zero-order valence-electron chi connectivity index (χ0n) is 23.7. The van der Waals surface area contributed by atoms with Gasteiger partial charge < -0.3 is 9.29 Å². The lowest BCUT2D eigenvalue weighted by molar-refractivity contribution is -0.172. The van der Waals surface area contributed by atoms with E-state index in [2.05, 4.69) is 29.0 Å². The second-order valence-corrected chi connectivity index (χ2v) is 17.1. The van der Waals surface area contributed by atoms with Crippen molar-refractivity contribution in [2.24, 2.45) is 23.2 Å². The molecule has 0 spiro atoms. The van der Waals surface area contributed by atoms with E-state index in [4.69, 9.17) is 4.18 Å². The summed E-state index contributed by atoms with van der Waals surface area (Å²) < 4.78 is 67.9. The van der Waals surface area contributed by atoms with Crippen LogP contribution in [-0.2, 0) is 41.4 Å². The Balaban J connectivity index is 0.000000148. The number of carbonyl (C=O) groups is 1. The molecule has 0 amide bonds. The number of rotatable bonds is 8. The second kappa shape index (κ2) is 11.4. The van der Waals surface area contributed by atoms with Crippen LogP contribution in [0.2, 0.25) is 0 Å². The van der Waals surface area contributed by atoms with Gasteiger partial charge in [-0.1, -0.05) is 43.5 Å². The Labute approximate surface area is 245 Å². The number of esters is 1. The molecular weight excluding hydrogens is 570 g/mol. The van der Waals surface area contributed by atoms with Crippen LogP contribution in [0.5, 0.6) is 0 Å². The predicted molar refractivity (Wildman–Crippen MR) is 152 cm³/mol. The fraction of sp³-hybridized carbons (Fsp3) is 0.774. The number of alkyl halides is 2. The maximum absolute atomic E-state index is 13.1. The highest BCUT2D eigenvalue weighted by Crippen LogP contribution is 2.60. The minimum atomic E-state index is -6.04. The molecule has 4 bridgehead atoms. The highest BCUT2D eigenvalue weighted by Gasteiger charge is 2.73. The van der Waals surface area contributed by atoms with Crippen LogP contribution in [0.25, 0.3) is 0 Å². The molecule has 0 N–H and O–H groups in total. The largest absolute Gasteiger partial charge is 0.743 e. The van der Waals surface area contributed by atoms with E-state index in [1.807, 2.05) is 0 Å². The van der Waals surface area contributed by atoms with Crippen molar-refractivity contribution < 1.29 is 35.5 Å². The van der Waals surface area contributed by atoms with Gasteiger partial charge in [0.1, 0.15) is 5.75 Å². The lowest BCUT2D eigenvalue weighted by atomic mass is 9.50. The van der Waals surface area contributed by atoms with Crippen LogP contribution in [0.4, 0.5) is 8.78 Å². The van der Waals surface area contributed by atoms with Crippen molar-refractivity contribution in [3.63, 3.8) is 0 Å². The SMILES string of the molecule is O=C(OCC12CC3CC(CC(C3)C1)C2)C(F)(F)S(=O)(=O)[O-].c1cc(C2CCCCC2)ccc1CCC12CCC[S+]1O2. The summed E-state index contributed by atoms with van der Waals surface area (Å²) in [7, 11) is -6.04. The van der Waals surface area contributed by atoms with Crippen molar-refractivity contribution in [2.45, 2.75) is 112 Å². The second-order valence-electron chi connectivity index (χ2n) is 13.7. The molecule has 0 aromatic heterocycles. The molecule has 2 unspecified atom stereocenters. The molecule has 1 aromatic carbocycles. The molecule has 2 heterocycles. The van der Waals surface area contributed by atoms with Crippen LogP contribution in [0.3, 0.4) is 0 Å². The highest BCUT2D eigenvalue weighted by molar-refractivity contribution is 7.99. The van der Waals surface area contributed by atoms with Crippen LogP contribution >= 0.6 is 0 Å². The number of ether oxygens (including phenoxy) is 1. The first-order valence-corrected chi connectivity index (χ1v) is 18.2. The van der Waals surface area contributed by atoms with Gasteiger partial charge in [-0.15, -0.1) is 4.18 Å². The average molecular weight is 613 g/mol. The van der Waals surface area contributed by atoms with Gasteiger partial charge in [0.2, 0.25) is 0 Å². The van der Waals surface area contributed by atoms with Crippen molar-refractivity contribution in [3.8, 4) is 0 Å². The minimum absolute atomic E-state index is 0.208. The minimum Gasteiger partial charge on any atom is -0.743 e. The maximum atomic E-state index is 13.1. The third-order valence-electron chi connectivity index (χ3n) is 10.6. The fourth-order valence-corrected chi connectivity index (χ4v) is 11.4. The molecule has 1 aromatic rings. The van der Waals surface area contributed by atoms with Crippen LogP contribution in [-0.4, -0.2) is 41.5 Å². The molecule has 7 aliphatic rings. The standard InChI is InChI=1S/C18H25OS.C13H18F2O5S/c1-2-5-16(6-3-1)17-9-7-15(8-10-17)11-13-18-12-4-14-20(18)19-18;14-13(15,21(17,18)19)11(16)20-7-12-4-8-1-9(5-12)3-10(2-8)6-12/h7-10,16H,1-6,11-14H2;8-10H,1-7H2,(H,17,18,19)/q+1;/p-1. The van der Waals surface area contributed by atoms with E-state index < -0.39 is 21.3 Å². The zero-order chi connectivity index (χ0) is 28.9. The van der Waals surface area contributed by atoms with Gasteiger partial charge in [0, 0.05) is 24.7 Å². The lowest BCUT2D eigenvalue weighted by Gasteiger charge is -2.56. The van der Waals surface area contributed by atoms with Crippen molar-refractivity contribution >= 4 is 27.3 Å². The highest BCUT2D eigenvalue weighted by atomic mass is 32.2. The number of aryl methyl sites for hydroxylation is 1. The molecule has 2 saturated heterocycles.